The number of nitrogens with zero attached hydrogens (tertiary/aromatic N) is 2. The van der Waals surface area contributed by atoms with Crippen LogP contribution < -0.4 is 10.2 Å². The van der Waals surface area contributed by atoms with Crippen LogP contribution in [-0.2, 0) is 9.53 Å². The molecule has 1 unspecified atom stereocenters. The lowest BCUT2D eigenvalue weighted by Crippen LogP contribution is -2.30. The molecule has 0 saturated heterocycles. The van der Waals surface area contributed by atoms with Gasteiger partial charge in [-0.25, -0.2) is 9.78 Å². The topological polar surface area (TPSA) is 71.5 Å². The van der Waals surface area contributed by atoms with Crippen LogP contribution >= 0.6 is 23.2 Å². The van der Waals surface area contributed by atoms with Crippen LogP contribution in [0.2, 0.25) is 10.0 Å². The minimum absolute atomic E-state index is 0.147. The zero-order chi connectivity index (χ0) is 18.6. The molecule has 1 aromatic heterocycles. The number of halogens is 2. The summed E-state index contributed by atoms with van der Waals surface area (Å²) in [6.07, 6.45) is 0.330. The molecule has 0 saturated carbocycles. The molecule has 8 heteroatoms. The van der Waals surface area contributed by atoms with Crippen LogP contribution in [0.25, 0.3) is 0 Å². The number of aromatic nitrogens is 1. The highest BCUT2D eigenvalue weighted by Crippen LogP contribution is 2.23. The largest absolute Gasteiger partial charge is 0.449 e. The Kier molecular flexibility index (Phi) is 6.22. The fourth-order valence-corrected chi connectivity index (χ4v) is 2.35. The van der Waals surface area contributed by atoms with Crippen LogP contribution in [-0.4, -0.2) is 37.1 Å². The quantitative estimate of drug-likeness (QED) is 0.800. The number of pyridine rings is 1. The van der Waals surface area contributed by atoms with E-state index in [-0.39, 0.29) is 10.8 Å². The number of nitrogens with one attached hydrogen (secondary N) is 1. The number of carbonyl (C=O) groups is 2. The minimum atomic E-state index is -1.02. The molecule has 6 nitrogen and oxygen atoms in total. The Morgan fingerprint density at radius 2 is 1.96 bits per heavy atom. The molecule has 1 amide bonds. The predicted octanol–water partition coefficient (Wildman–Crippen LogP) is 3.64. The number of rotatable bonds is 5. The van der Waals surface area contributed by atoms with E-state index in [9.17, 15) is 9.59 Å². The molecule has 25 heavy (non-hydrogen) atoms. The van der Waals surface area contributed by atoms with E-state index in [0.29, 0.717) is 10.6 Å². The van der Waals surface area contributed by atoms with Crippen molar-refractivity contribution in [2.75, 3.05) is 24.3 Å². The van der Waals surface area contributed by atoms with Gasteiger partial charge in [-0.2, -0.15) is 0 Å². The van der Waals surface area contributed by atoms with Crippen molar-refractivity contribution in [3.8, 4) is 0 Å². The first-order valence-corrected chi connectivity index (χ1v) is 8.14. The van der Waals surface area contributed by atoms with Crippen molar-refractivity contribution in [3.63, 3.8) is 0 Å². The van der Waals surface area contributed by atoms with Crippen molar-refractivity contribution in [1.82, 2.24) is 4.98 Å². The van der Waals surface area contributed by atoms with Gasteiger partial charge in [0.15, 0.2) is 11.9 Å². The van der Waals surface area contributed by atoms with E-state index in [1.807, 2.05) is 25.1 Å². The monoisotopic (exact) mass is 381 g/mol. The van der Waals surface area contributed by atoms with E-state index in [1.54, 1.807) is 18.2 Å². The Morgan fingerprint density at radius 1 is 1.24 bits per heavy atom. The lowest BCUT2D eigenvalue weighted by molar-refractivity contribution is -0.123. The van der Waals surface area contributed by atoms with Crippen molar-refractivity contribution < 1.29 is 14.3 Å². The third kappa shape index (κ3) is 5.08. The van der Waals surface area contributed by atoms with Gasteiger partial charge < -0.3 is 15.0 Å². The predicted molar refractivity (Wildman–Crippen MR) is 98.5 cm³/mol. The average Bonchev–Trinajstić information content (AvgIpc) is 2.57. The van der Waals surface area contributed by atoms with Gasteiger partial charge in [-0.15, -0.1) is 0 Å². The van der Waals surface area contributed by atoms with E-state index in [0.717, 1.165) is 5.69 Å². The Labute approximate surface area is 155 Å². The fourth-order valence-electron chi connectivity index (χ4n) is 1.92. The molecule has 0 spiro atoms. The lowest BCUT2D eigenvalue weighted by atomic mass is 10.2. The molecular weight excluding hydrogens is 365 g/mol. The van der Waals surface area contributed by atoms with Crippen LogP contribution in [0.5, 0.6) is 0 Å². The zero-order valence-corrected chi connectivity index (χ0v) is 15.4. The second-order valence-corrected chi connectivity index (χ2v) is 6.31. The second-order valence-electron chi connectivity index (χ2n) is 5.47. The normalized spacial score (nSPS) is 11.6. The first-order valence-electron chi connectivity index (χ1n) is 7.38. The van der Waals surface area contributed by atoms with Gasteiger partial charge >= 0.3 is 5.97 Å². The van der Waals surface area contributed by atoms with Crippen molar-refractivity contribution in [2.24, 2.45) is 0 Å². The number of benzene rings is 1. The summed E-state index contributed by atoms with van der Waals surface area (Å²) in [6.45, 7) is 1.47. The highest BCUT2D eigenvalue weighted by atomic mass is 35.5. The summed E-state index contributed by atoms with van der Waals surface area (Å²) in [6, 6.07) is 8.37. The molecule has 0 aliphatic rings. The van der Waals surface area contributed by atoms with Crippen LogP contribution in [0.3, 0.4) is 0 Å². The molecule has 0 radical (unpaired) electrons. The number of carbonyl (C=O) groups excluding carboxylic acids is 2. The first-order chi connectivity index (χ1) is 11.8. The van der Waals surface area contributed by atoms with Crippen molar-refractivity contribution in [1.29, 1.82) is 0 Å². The van der Waals surface area contributed by atoms with Crippen LogP contribution in [0, 0.1) is 0 Å². The van der Waals surface area contributed by atoms with Crippen LogP contribution in [0.15, 0.2) is 36.5 Å². The molecule has 0 fully saturated rings. The Morgan fingerprint density at radius 3 is 2.60 bits per heavy atom. The highest BCUT2D eigenvalue weighted by molar-refractivity contribution is 6.36. The standard InChI is InChI=1S/C17H17Cl2N3O3/c1-10(16(23)21-15-14(19)8-12(18)9-20-15)25-17(24)11-5-4-6-13(7-11)22(2)3/h4-10H,1-3H3,(H,20,21,23). The van der Waals surface area contributed by atoms with Gasteiger partial charge in [0, 0.05) is 26.0 Å². The van der Waals surface area contributed by atoms with Gasteiger partial charge in [0.1, 0.15) is 0 Å². The molecule has 132 valence electrons. The third-order valence-electron chi connectivity index (χ3n) is 3.30. The summed E-state index contributed by atoms with van der Waals surface area (Å²) in [5, 5.41) is 3.04. The summed E-state index contributed by atoms with van der Waals surface area (Å²) < 4.78 is 5.20. The maximum absolute atomic E-state index is 12.2. The minimum Gasteiger partial charge on any atom is -0.449 e. The van der Waals surface area contributed by atoms with Crippen molar-refractivity contribution >= 4 is 46.6 Å². The number of hydrogen-bond donors (Lipinski definition) is 1. The zero-order valence-electron chi connectivity index (χ0n) is 13.9. The molecule has 1 N–H and O–H groups in total. The molecule has 0 bridgehead atoms. The number of hydrogen-bond acceptors (Lipinski definition) is 5. The maximum Gasteiger partial charge on any atom is 0.338 e. The highest BCUT2D eigenvalue weighted by Gasteiger charge is 2.20. The Hall–Kier alpha value is -2.31. The van der Waals surface area contributed by atoms with Gasteiger partial charge in [0.05, 0.1) is 15.6 Å². The van der Waals surface area contributed by atoms with E-state index < -0.39 is 18.0 Å². The molecule has 1 heterocycles. The van der Waals surface area contributed by atoms with Crippen LogP contribution in [0.1, 0.15) is 17.3 Å². The molecule has 2 aromatic rings. The van der Waals surface area contributed by atoms with Gasteiger partial charge in [0.2, 0.25) is 0 Å². The van der Waals surface area contributed by atoms with E-state index in [4.69, 9.17) is 27.9 Å². The van der Waals surface area contributed by atoms with E-state index >= 15 is 0 Å². The smallest absolute Gasteiger partial charge is 0.338 e. The van der Waals surface area contributed by atoms with Gasteiger partial charge in [-0.05, 0) is 31.2 Å². The average molecular weight is 382 g/mol. The maximum atomic E-state index is 12.2. The van der Waals surface area contributed by atoms with Gasteiger partial charge in [0.25, 0.3) is 5.91 Å². The second kappa shape index (κ2) is 8.18. The molecule has 0 aliphatic heterocycles. The van der Waals surface area contributed by atoms with Crippen molar-refractivity contribution in [3.05, 3.63) is 52.1 Å². The molecule has 0 aliphatic carbocycles. The lowest BCUT2D eigenvalue weighted by Gasteiger charge is -2.15. The molecule has 1 atom stereocenters. The van der Waals surface area contributed by atoms with Gasteiger partial charge in [-0.1, -0.05) is 29.3 Å². The summed E-state index contributed by atoms with van der Waals surface area (Å²) in [4.78, 5) is 30.2. The Bertz CT molecular complexity index is 796. The summed E-state index contributed by atoms with van der Waals surface area (Å²) >= 11 is 11.7. The molecular formula is C17H17Cl2N3O3. The number of anilines is 2. The number of esters is 1. The van der Waals surface area contributed by atoms with Crippen molar-refractivity contribution in [2.45, 2.75) is 13.0 Å². The number of ether oxygens (including phenoxy) is 1. The van der Waals surface area contributed by atoms with E-state index in [2.05, 4.69) is 10.3 Å². The third-order valence-corrected chi connectivity index (χ3v) is 3.80. The van der Waals surface area contributed by atoms with E-state index in [1.165, 1.54) is 19.2 Å². The Balaban J connectivity index is 2.03. The summed E-state index contributed by atoms with van der Waals surface area (Å²) in [7, 11) is 3.73. The first kappa shape index (κ1) is 19.0. The number of amides is 1. The summed E-state index contributed by atoms with van der Waals surface area (Å²) in [5.41, 5.74) is 1.21. The van der Waals surface area contributed by atoms with Crippen LogP contribution in [0.4, 0.5) is 11.5 Å². The SMILES string of the molecule is CC(OC(=O)c1cccc(N(C)C)c1)C(=O)Nc1ncc(Cl)cc1Cl. The summed E-state index contributed by atoms with van der Waals surface area (Å²) in [5.74, 6) is -0.996. The fraction of sp³-hybridized carbons (Fsp3) is 0.235. The molecule has 1 aromatic carbocycles. The molecule has 2 rings (SSSR count). The van der Waals surface area contributed by atoms with Gasteiger partial charge in [-0.3, -0.25) is 4.79 Å².